The Morgan fingerprint density at radius 1 is 0.559 bits per heavy atom. The molecule has 0 bridgehead atoms. The summed E-state index contributed by atoms with van der Waals surface area (Å²) in [5.74, 6) is 0. The quantitative estimate of drug-likeness (QED) is 0.224. The molecule has 0 saturated heterocycles. The van der Waals surface area contributed by atoms with Gasteiger partial charge >= 0.3 is 65.1 Å². The number of nitrogens with one attached hydrogen (secondary N) is 2. The van der Waals surface area contributed by atoms with Crippen molar-refractivity contribution in [2.24, 2.45) is 0 Å². The third-order valence-corrected chi connectivity index (χ3v) is 6.59. The van der Waals surface area contributed by atoms with Gasteiger partial charge in [-0.05, 0) is 24.3 Å². The molecule has 9 nitrogen and oxygen atoms in total. The SMILES string of the molecule is O=C(Nc1ccc(S(=O)(=O)[O-])c2ccccc12)Nc1ccc(S(=O)(=O)[O-])c2ccccc12.[Na+].[Na+]. The Labute approximate surface area is 240 Å². The first-order valence-corrected chi connectivity index (χ1v) is 11.9. The van der Waals surface area contributed by atoms with Crippen molar-refractivity contribution in [1.82, 2.24) is 0 Å². The number of urea groups is 1. The van der Waals surface area contributed by atoms with Crippen LogP contribution in [0.5, 0.6) is 0 Å². The average molecular weight is 516 g/mol. The van der Waals surface area contributed by atoms with Crippen molar-refractivity contribution in [1.29, 1.82) is 0 Å². The van der Waals surface area contributed by atoms with E-state index in [1.54, 1.807) is 36.4 Å². The summed E-state index contributed by atoms with van der Waals surface area (Å²) in [6.07, 6.45) is 0. The largest absolute Gasteiger partial charge is 1.00 e. The molecule has 2 N–H and O–H groups in total. The van der Waals surface area contributed by atoms with Crippen LogP contribution in [-0.4, -0.2) is 32.0 Å². The van der Waals surface area contributed by atoms with Crippen molar-refractivity contribution in [3.63, 3.8) is 0 Å². The van der Waals surface area contributed by atoms with E-state index >= 15 is 0 Å². The Hall–Kier alpha value is -1.51. The summed E-state index contributed by atoms with van der Waals surface area (Å²) >= 11 is 0. The van der Waals surface area contributed by atoms with E-state index in [9.17, 15) is 30.7 Å². The van der Waals surface area contributed by atoms with Crippen LogP contribution >= 0.6 is 0 Å². The van der Waals surface area contributed by atoms with E-state index in [0.717, 1.165) is 12.1 Å². The minimum absolute atomic E-state index is 0. The molecule has 4 aromatic rings. The number of rotatable bonds is 4. The van der Waals surface area contributed by atoms with Crippen LogP contribution in [0.25, 0.3) is 21.5 Å². The van der Waals surface area contributed by atoms with Gasteiger partial charge in [0.2, 0.25) is 0 Å². The molecule has 34 heavy (non-hydrogen) atoms. The van der Waals surface area contributed by atoms with Crippen LogP contribution in [0.4, 0.5) is 16.2 Å². The van der Waals surface area contributed by atoms with Gasteiger partial charge < -0.3 is 19.7 Å². The topological polar surface area (TPSA) is 156 Å². The van der Waals surface area contributed by atoms with Crippen molar-refractivity contribution in [3.8, 4) is 0 Å². The molecule has 164 valence electrons. The van der Waals surface area contributed by atoms with E-state index in [4.69, 9.17) is 0 Å². The van der Waals surface area contributed by atoms with Crippen molar-refractivity contribution < 1.29 is 89.9 Å². The first kappa shape index (κ1) is 28.7. The van der Waals surface area contributed by atoms with Crippen LogP contribution in [-0.2, 0) is 20.2 Å². The van der Waals surface area contributed by atoms with Gasteiger partial charge in [-0.2, -0.15) is 0 Å². The molecule has 4 rings (SSSR count). The van der Waals surface area contributed by atoms with Crippen molar-refractivity contribution >= 4 is 59.2 Å². The van der Waals surface area contributed by atoms with Crippen LogP contribution < -0.4 is 69.7 Å². The van der Waals surface area contributed by atoms with E-state index in [1.165, 1.54) is 24.3 Å². The van der Waals surface area contributed by atoms with Crippen molar-refractivity contribution in [2.75, 3.05) is 10.6 Å². The van der Waals surface area contributed by atoms with Crippen LogP contribution in [0.15, 0.2) is 82.6 Å². The monoisotopic (exact) mass is 516 g/mol. The summed E-state index contributed by atoms with van der Waals surface area (Å²) in [5, 5.41) is 6.20. The first-order valence-electron chi connectivity index (χ1n) is 9.09. The molecular formula is C21H14N2Na2O7S2. The fraction of sp³-hybridized carbons (Fsp3) is 0. The molecular weight excluding hydrogens is 502 g/mol. The number of benzene rings is 4. The molecule has 2 amide bonds. The molecule has 0 spiro atoms. The smallest absolute Gasteiger partial charge is 0.744 e. The molecule has 13 heteroatoms. The second-order valence-corrected chi connectivity index (χ2v) is 9.50. The molecule has 0 aliphatic rings. The summed E-state index contributed by atoms with van der Waals surface area (Å²) in [7, 11) is -9.43. The predicted molar refractivity (Wildman–Crippen MR) is 116 cm³/mol. The van der Waals surface area contributed by atoms with Gasteiger partial charge in [-0.25, -0.2) is 21.6 Å². The van der Waals surface area contributed by atoms with Crippen LogP contribution in [0, 0.1) is 0 Å². The van der Waals surface area contributed by atoms with Crippen LogP contribution in [0.1, 0.15) is 0 Å². The minimum atomic E-state index is -4.72. The maximum atomic E-state index is 12.7. The third kappa shape index (κ3) is 6.00. The summed E-state index contributed by atoms with van der Waals surface area (Å²) in [4.78, 5) is 11.8. The van der Waals surface area contributed by atoms with Gasteiger partial charge in [0.05, 0.1) is 21.2 Å². The van der Waals surface area contributed by atoms with E-state index in [2.05, 4.69) is 10.6 Å². The number of carbonyl (C=O) groups excluding carboxylic acids is 1. The molecule has 0 unspecified atom stereocenters. The van der Waals surface area contributed by atoms with Crippen LogP contribution in [0.3, 0.4) is 0 Å². The summed E-state index contributed by atoms with van der Waals surface area (Å²) in [6.45, 7) is 0. The Balaban J connectivity index is 0.00000204. The van der Waals surface area contributed by atoms with Crippen molar-refractivity contribution in [3.05, 3.63) is 72.8 Å². The zero-order valence-corrected chi connectivity index (χ0v) is 23.7. The molecule has 4 aromatic carbocycles. The third-order valence-electron chi connectivity index (χ3n) is 4.80. The van der Waals surface area contributed by atoms with E-state index in [1.807, 2.05) is 0 Å². The Bertz CT molecular complexity index is 1490. The van der Waals surface area contributed by atoms with Gasteiger partial charge in [0, 0.05) is 21.5 Å². The fourth-order valence-electron chi connectivity index (χ4n) is 3.47. The molecule has 0 fully saturated rings. The van der Waals surface area contributed by atoms with Gasteiger partial charge in [-0.3, -0.25) is 0 Å². The molecule has 0 aliphatic heterocycles. The van der Waals surface area contributed by atoms with Gasteiger partial charge in [0.15, 0.2) is 0 Å². The number of hydrogen-bond acceptors (Lipinski definition) is 7. The van der Waals surface area contributed by atoms with Crippen LogP contribution in [0.2, 0.25) is 0 Å². The van der Waals surface area contributed by atoms with E-state index in [-0.39, 0.29) is 81.3 Å². The normalized spacial score (nSPS) is 11.4. The van der Waals surface area contributed by atoms with Gasteiger partial charge in [0.1, 0.15) is 20.2 Å². The summed E-state index contributed by atoms with van der Waals surface area (Å²) in [5.41, 5.74) is 0.516. The number of amides is 2. The predicted octanol–water partition coefficient (Wildman–Crippen LogP) is -2.55. The molecule has 0 atom stereocenters. The molecule has 0 radical (unpaired) electrons. The zero-order valence-electron chi connectivity index (χ0n) is 18.1. The first-order chi connectivity index (χ1) is 15.1. The number of carbonyl (C=O) groups is 1. The Morgan fingerprint density at radius 3 is 1.21 bits per heavy atom. The Morgan fingerprint density at radius 2 is 0.882 bits per heavy atom. The maximum absolute atomic E-state index is 12.7. The van der Waals surface area contributed by atoms with E-state index < -0.39 is 36.1 Å². The van der Waals surface area contributed by atoms with Gasteiger partial charge in [-0.15, -0.1) is 0 Å². The average Bonchev–Trinajstić information content (AvgIpc) is 2.72. The maximum Gasteiger partial charge on any atom is 1.00 e. The summed E-state index contributed by atoms with van der Waals surface area (Å²) < 4.78 is 69.1. The van der Waals surface area contributed by atoms with Gasteiger partial charge in [-0.1, -0.05) is 48.5 Å². The second kappa shape index (κ2) is 11.0. The second-order valence-electron chi connectivity index (χ2n) is 6.80. The standard InChI is InChI=1S/C21H16N2O7S2.2Na/c24-21(22-17-9-11-19(31(25,26)27)15-7-3-1-5-13(15)17)23-18-10-12-20(32(28,29)30)16-8-4-2-6-14(16)18;;/h1-12H,(H2,22,23,24)(H,25,26,27)(H,28,29,30);;/q;2*+1/p-2. The van der Waals surface area contributed by atoms with Gasteiger partial charge in [0.25, 0.3) is 0 Å². The Kier molecular flexibility index (Phi) is 9.33. The molecule has 0 aromatic heterocycles. The number of anilines is 2. The molecule has 0 aliphatic carbocycles. The summed E-state index contributed by atoms with van der Waals surface area (Å²) in [6, 6.07) is 16.6. The zero-order chi connectivity index (χ0) is 23.1. The molecule has 0 saturated carbocycles. The fourth-order valence-corrected chi connectivity index (χ4v) is 4.84. The number of hydrogen-bond donors (Lipinski definition) is 2. The minimum Gasteiger partial charge on any atom is -0.744 e. The number of fused-ring (bicyclic) bond motifs is 2. The van der Waals surface area contributed by atoms with E-state index in [0.29, 0.717) is 10.8 Å². The van der Waals surface area contributed by atoms with Crippen molar-refractivity contribution in [2.45, 2.75) is 9.79 Å². The molecule has 0 heterocycles.